The Morgan fingerprint density at radius 3 is 2.58 bits per heavy atom. The van der Waals surface area contributed by atoms with Crippen LogP contribution in [-0.4, -0.2) is 22.8 Å². The number of carbonyl (C=O) groups is 2. The molecular formula is C14H19N3O2. The number of nitrogens with one attached hydrogen (secondary N) is 2. The second-order valence-electron chi connectivity index (χ2n) is 5.83. The third kappa shape index (κ3) is 3.30. The van der Waals surface area contributed by atoms with Crippen LogP contribution in [0.15, 0.2) is 18.3 Å². The summed E-state index contributed by atoms with van der Waals surface area (Å²) in [4.78, 5) is 27.1. The smallest absolute Gasteiger partial charge is 0.249 e. The molecule has 1 fully saturated rings. The zero-order valence-corrected chi connectivity index (χ0v) is 11.5. The lowest BCUT2D eigenvalue weighted by Gasteiger charge is -2.23. The van der Waals surface area contributed by atoms with Gasteiger partial charge in [0.05, 0.1) is 11.9 Å². The topological polar surface area (TPSA) is 71.1 Å². The first-order valence-electron chi connectivity index (χ1n) is 6.43. The van der Waals surface area contributed by atoms with Crippen LogP contribution in [0.4, 0.5) is 5.69 Å². The highest BCUT2D eigenvalue weighted by Crippen LogP contribution is 2.21. The number of nitrogens with zero attached hydrogens (tertiary/aromatic N) is 1. The van der Waals surface area contributed by atoms with E-state index in [4.69, 9.17) is 0 Å². The van der Waals surface area contributed by atoms with Gasteiger partial charge in [-0.05, 0) is 18.6 Å². The van der Waals surface area contributed by atoms with Gasteiger partial charge in [-0.1, -0.05) is 20.8 Å². The van der Waals surface area contributed by atoms with E-state index >= 15 is 0 Å². The second-order valence-corrected chi connectivity index (χ2v) is 5.83. The molecule has 0 spiro atoms. The summed E-state index contributed by atoms with van der Waals surface area (Å²) < 4.78 is 0. The van der Waals surface area contributed by atoms with Crippen LogP contribution in [0, 0.1) is 0 Å². The average molecular weight is 261 g/mol. The zero-order valence-electron chi connectivity index (χ0n) is 11.5. The molecule has 19 heavy (non-hydrogen) atoms. The molecule has 2 rings (SSSR count). The lowest BCUT2D eigenvalue weighted by molar-refractivity contribution is -0.133. The number of anilines is 1. The van der Waals surface area contributed by atoms with Crippen LogP contribution < -0.4 is 10.6 Å². The highest BCUT2D eigenvalue weighted by atomic mass is 16.2. The fourth-order valence-corrected chi connectivity index (χ4v) is 1.96. The quantitative estimate of drug-likeness (QED) is 0.793. The molecule has 1 aromatic heterocycles. The fraction of sp³-hybridized carbons (Fsp3) is 0.500. The van der Waals surface area contributed by atoms with Crippen LogP contribution in [0.25, 0.3) is 0 Å². The molecule has 1 atom stereocenters. The molecule has 0 aromatic carbocycles. The summed E-state index contributed by atoms with van der Waals surface area (Å²) in [5.41, 5.74) is 1.80. The lowest BCUT2D eigenvalue weighted by Crippen LogP contribution is -2.47. The van der Waals surface area contributed by atoms with Crippen molar-refractivity contribution in [3.8, 4) is 0 Å². The van der Waals surface area contributed by atoms with E-state index in [9.17, 15) is 9.59 Å². The van der Waals surface area contributed by atoms with Gasteiger partial charge in [-0.3, -0.25) is 19.9 Å². The van der Waals surface area contributed by atoms with E-state index in [1.54, 1.807) is 6.20 Å². The van der Waals surface area contributed by atoms with Gasteiger partial charge in [-0.2, -0.15) is 0 Å². The molecule has 5 nitrogen and oxygen atoms in total. The van der Waals surface area contributed by atoms with Crippen LogP contribution in [-0.2, 0) is 15.0 Å². The number of hydrogen-bond donors (Lipinski definition) is 2. The minimum absolute atomic E-state index is 0.00711. The first kappa shape index (κ1) is 13.5. The normalized spacial score (nSPS) is 20.1. The zero-order chi connectivity index (χ0) is 14.0. The van der Waals surface area contributed by atoms with Crippen molar-refractivity contribution in [2.24, 2.45) is 0 Å². The van der Waals surface area contributed by atoms with Crippen molar-refractivity contribution in [3.05, 3.63) is 24.0 Å². The number of pyridine rings is 1. The number of carbonyl (C=O) groups excluding carboxylic acids is 2. The van der Waals surface area contributed by atoms with Crippen LogP contribution in [0.3, 0.4) is 0 Å². The molecule has 2 amide bonds. The highest BCUT2D eigenvalue weighted by molar-refractivity contribution is 6.01. The Morgan fingerprint density at radius 1 is 1.32 bits per heavy atom. The summed E-state index contributed by atoms with van der Waals surface area (Å²) >= 11 is 0. The number of piperidine rings is 1. The Balaban J connectivity index is 2.04. The van der Waals surface area contributed by atoms with Crippen molar-refractivity contribution in [2.45, 2.75) is 45.1 Å². The van der Waals surface area contributed by atoms with E-state index < -0.39 is 0 Å². The van der Waals surface area contributed by atoms with Crippen LogP contribution in [0.2, 0.25) is 0 Å². The SMILES string of the molecule is CC(C)(C)c1ccc(NC2CCC(=O)NC2=O)cn1. The Labute approximate surface area is 112 Å². The molecule has 1 aliphatic heterocycles. The number of amides is 2. The van der Waals surface area contributed by atoms with Crippen LogP contribution >= 0.6 is 0 Å². The minimum atomic E-state index is -0.361. The maximum Gasteiger partial charge on any atom is 0.249 e. The first-order chi connectivity index (χ1) is 8.86. The van der Waals surface area contributed by atoms with Crippen molar-refractivity contribution in [2.75, 3.05) is 5.32 Å². The maximum atomic E-state index is 11.6. The Hall–Kier alpha value is -1.91. The van der Waals surface area contributed by atoms with Crippen molar-refractivity contribution in [3.63, 3.8) is 0 Å². The van der Waals surface area contributed by atoms with Gasteiger partial charge >= 0.3 is 0 Å². The number of aromatic nitrogens is 1. The predicted octanol–water partition coefficient (Wildman–Crippen LogP) is 1.60. The number of imide groups is 1. The molecule has 1 saturated heterocycles. The van der Waals surface area contributed by atoms with E-state index in [1.165, 1.54) is 0 Å². The minimum Gasteiger partial charge on any atom is -0.372 e. The number of hydrogen-bond acceptors (Lipinski definition) is 4. The Kier molecular flexibility index (Phi) is 3.55. The van der Waals surface area contributed by atoms with Gasteiger partial charge in [0, 0.05) is 17.5 Å². The molecular weight excluding hydrogens is 242 g/mol. The average Bonchev–Trinajstić information content (AvgIpc) is 2.32. The molecule has 0 radical (unpaired) electrons. The molecule has 2 heterocycles. The van der Waals surface area contributed by atoms with Gasteiger partial charge < -0.3 is 5.32 Å². The summed E-state index contributed by atoms with van der Waals surface area (Å²) in [5, 5.41) is 5.43. The lowest BCUT2D eigenvalue weighted by atomic mass is 9.92. The number of rotatable bonds is 2. The molecule has 2 N–H and O–H groups in total. The van der Waals surface area contributed by atoms with Gasteiger partial charge in [0.1, 0.15) is 6.04 Å². The van der Waals surface area contributed by atoms with Crippen molar-refractivity contribution in [1.29, 1.82) is 0 Å². The maximum absolute atomic E-state index is 11.6. The van der Waals surface area contributed by atoms with E-state index in [2.05, 4.69) is 36.4 Å². The van der Waals surface area contributed by atoms with Gasteiger partial charge in [-0.25, -0.2) is 0 Å². The summed E-state index contributed by atoms with van der Waals surface area (Å²) in [7, 11) is 0. The van der Waals surface area contributed by atoms with E-state index in [-0.39, 0.29) is 23.3 Å². The molecule has 102 valence electrons. The van der Waals surface area contributed by atoms with Gasteiger partial charge in [0.2, 0.25) is 11.8 Å². The molecule has 1 aromatic rings. The van der Waals surface area contributed by atoms with Gasteiger partial charge in [0.25, 0.3) is 0 Å². The summed E-state index contributed by atoms with van der Waals surface area (Å²) in [5.74, 6) is -0.472. The molecule has 5 heteroatoms. The van der Waals surface area contributed by atoms with E-state index in [0.29, 0.717) is 12.8 Å². The van der Waals surface area contributed by atoms with Crippen molar-refractivity contribution < 1.29 is 9.59 Å². The monoisotopic (exact) mass is 261 g/mol. The third-order valence-corrected chi connectivity index (χ3v) is 3.11. The van der Waals surface area contributed by atoms with Gasteiger partial charge in [0.15, 0.2) is 0 Å². The first-order valence-corrected chi connectivity index (χ1v) is 6.43. The fourth-order valence-electron chi connectivity index (χ4n) is 1.96. The summed E-state index contributed by atoms with van der Waals surface area (Å²) in [6.07, 6.45) is 2.62. The molecule has 1 aliphatic rings. The second kappa shape index (κ2) is 4.99. The van der Waals surface area contributed by atoms with Gasteiger partial charge in [-0.15, -0.1) is 0 Å². The standard InChI is InChI=1S/C14H19N3O2/c1-14(2,3)11-6-4-9(8-15-11)16-10-5-7-12(18)17-13(10)19/h4,6,8,10,16H,5,7H2,1-3H3,(H,17,18,19). The van der Waals surface area contributed by atoms with Crippen molar-refractivity contribution >= 4 is 17.5 Å². The van der Waals surface area contributed by atoms with Crippen LogP contribution in [0.5, 0.6) is 0 Å². The largest absolute Gasteiger partial charge is 0.372 e. The molecule has 1 unspecified atom stereocenters. The van der Waals surface area contributed by atoms with E-state index in [0.717, 1.165) is 11.4 Å². The van der Waals surface area contributed by atoms with Crippen molar-refractivity contribution in [1.82, 2.24) is 10.3 Å². The molecule has 0 saturated carbocycles. The highest BCUT2D eigenvalue weighted by Gasteiger charge is 2.26. The third-order valence-electron chi connectivity index (χ3n) is 3.11. The van der Waals surface area contributed by atoms with E-state index in [1.807, 2.05) is 12.1 Å². The van der Waals surface area contributed by atoms with Crippen LogP contribution in [0.1, 0.15) is 39.3 Å². The Morgan fingerprint density at radius 2 is 2.05 bits per heavy atom. The summed E-state index contributed by atoms with van der Waals surface area (Å²) in [6, 6.07) is 3.51. The summed E-state index contributed by atoms with van der Waals surface area (Å²) in [6.45, 7) is 6.30. The Bertz CT molecular complexity index is 488. The molecule has 0 bridgehead atoms. The predicted molar refractivity (Wildman–Crippen MR) is 72.7 cm³/mol. The molecule has 0 aliphatic carbocycles.